The second-order valence-corrected chi connectivity index (χ2v) is 9.39. The Morgan fingerprint density at radius 1 is 1.33 bits per heavy atom. The lowest BCUT2D eigenvalue weighted by Gasteiger charge is -2.22. The van der Waals surface area contributed by atoms with Gasteiger partial charge in [0.25, 0.3) is 0 Å². The number of benzene rings is 1. The molecule has 0 atom stereocenters. The number of sulfone groups is 1. The second-order valence-electron chi connectivity index (χ2n) is 7.29. The van der Waals surface area contributed by atoms with Crippen molar-refractivity contribution in [2.45, 2.75) is 43.4 Å². The molecule has 1 saturated heterocycles. The van der Waals surface area contributed by atoms with Crippen molar-refractivity contribution in [2.75, 3.05) is 18.8 Å². The molecule has 0 bridgehead atoms. The normalized spacial score (nSPS) is 16.0. The number of nitrogens with zero attached hydrogens (tertiary/aromatic N) is 2. The van der Waals surface area contributed by atoms with Crippen LogP contribution in [0.25, 0.3) is 11.0 Å². The predicted octanol–water partition coefficient (Wildman–Crippen LogP) is 2.14. The number of carbonyl (C=O) groups is 1. The van der Waals surface area contributed by atoms with Gasteiger partial charge < -0.3 is 15.0 Å². The summed E-state index contributed by atoms with van der Waals surface area (Å²) in [5, 5.41) is 12.1. The van der Waals surface area contributed by atoms with Gasteiger partial charge in [0.05, 0.1) is 21.7 Å². The molecule has 7 nitrogen and oxygen atoms in total. The predicted molar refractivity (Wildman–Crippen MR) is 104 cm³/mol. The summed E-state index contributed by atoms with van der Waals surface area (Å²) < 4.78 is 26.9. The van der Waals surface area contributed by atoms with E-state index in [1.165, 1.54) is 12.8 Å². The summed E-state index contributed by atoms with van der Waals surface area (Å²) in [6, 6.07) is 4.97. The third-order valence-electron chi connectivity index (χ3n) is 5.34. The van der Waals surface area contributed by atoms with Gasteiger partial charge in [-0.1, -0.05) is 0 Å². The summed E-state index contributed by atoms with van der Waals surface area (Å²) in [6.45, 7) is 2.16. The molecule has 2 aromatic rings. The number of aliphatic carboxylic acids is 1. The summed E-state index contributed by atoms with van der Waals surface area (Å²) in [5.74, 6) is 0.552. The van der Waals surface area contributed by atoms with Crippen LogP contribution in [0.4, 0.5) is 0 Å². The van der Waals surface area contributed by atoms with Crippen LogP contribution in [0.5, 0.6) is 0 Å². The number of aryl methyl sites for hydroxylation is 2. The highest BCUT2D eigenvalue weighted by Gasteiger charge is 2.19. The lowest BCUT2D eigenvalue weighted by atomic mass is 9.93. The third kappa shape index (κ3) is 4.87. The first-order valence-electron chi connectivity index (χ1n) is 9.47. The van der Waals surface area contributed by atoms with E-state index >= 15 is 0 Å². The summed E-state index contributed by atoms with van der Waals surface area (Å²) in [7, 11) is -1.57. The number of nitrogens with one attached hydrogen (secondary N) is 1. The highest BCUT2D eigenvalue weighted by atomic mass is 32.2. The van der Waals surface area contributed by atoms with E-state index in [2.05, 4.69) is 10.3 Å². The van der Waals surface area contributed by atoms with Gasteiger partial charge in [0.1, 0.15) is 5.82 Å². The molecule has 148 valence electrons. The smallest absolute Gasteiger partial charge is 0.303 e. The van der Waals surface area contributed by atoms with Crippen molar-refractivity contribution >= 4 is 26.8 Å². The highest BCUT2D eigenvalue weighted by Crippen LogP contribution is 2.24. The minimum absolute atomic E-state index is 0.114. The number of piperidine rings is 1. The molecule has 0 aliphatic carbocycles. The Balaban J connectivity index is 1.74. The average molecular weight is 394 g/mol. The number of imidazole rings is 1. The fraction of sp³-hybridized carbons (Fsp3) is 0.579. The van der Waals surface area contributed by atoms with Crippen LogP contribution >= 0.6 is 0 Å². The van der Waals surface area contributed by atoms with Crippen LogP contribution in [0.3, 0.4) is 0 Å². The van der Waals surface area contributed by atoms with Crippen LogP contribution < -0.4 is 5.32 Å². The van der Waals surface area contributed by atoms with E-state index in [0.29, 0.717) is 0 Å². The molecule has 27 heavy (non-hydrogen) atoms. The molecular formula is C19H27N3O4S. The number of carboxylic acids is 1. The first-order valence-corrected chi connectivity index (χ1v) is 11.1. The van der Waals surface area contributed by atoms with Gasteiger partial charge in [-0.3, -0.25) is 4.79 Å². The molecule has 1 aromatic carbocycles. The summed E-state index contributed by atoms with van der Waals surface area (Å²) in [5.41, 5.74) is 1.59. The van der Waals surface area contributed by atoms with Crippen LogP contribution in [-0.2, 0) is 28.1 Å². The lowest BCUT2D eigenvalue weighted by Crippen LogP contribution is -2.28. The largest absolute Gasteiger partial charge is 0.481 e. The number of hydrogen-bond donors (Lipinski definition) is 2. The molecule has 3 rings (SSSR count). The minimum atomic E-state index is -3.50. The van der Waals surface area contributed by atoms with Crippen molar-refractivity contribution in [1.82, 2.24) is 14.9 Å². The van der Waals surface area contributed by atoms with Crippen molar-refractivity contribution in [2.24, 2.45) is 13.0 Å². The molecule has 1 aliphatic heterocycles. The van der Waals surface area contributed by atoms with E-state index < -0.39 is 15.8 Å². The summed E-state index contributed by atoms with van der Waals surface area (Å²) in [4.78, 5) is 15.5. The molecule has 0 spiro atoms. The van der Waals surface area contributed by atoms with Gasteiger partial charge in [-0.25, -0.2) is 13.4 Å². The van der Waals surface area contributed by atoms with Crippen molar-refractivity contribution < 1.29 is 18.3 Å². The molecular weight excluding hydrogens is 366 g/mol. The standard InChI is InChI=1S/C19H27N3O4S/c1-22-17-13-15(27(25,26)12-2-3-19(23)24)5-6-16(17)21-18(22)7-4-14-8-10-20-11-9-14/h5-6,13-14,20H,2-4,7-12H2,1H3,(H,23,24). The molecule has 2 heterocycles. The number of fused-ring (bicyclic) bond motifs is 1. The summed E-state index contributed by atoms with van der Waals surface area (Å²) in [6.07, 6.45) is 4.34. The van der Waals surface area contributed by atoms with Crippen LogP contribution in [0.15, 0.2) is 23.1 Å². The zero-order valence-corrected chi connectivity index (χ0v) is 16.5. The number of rotatable bonds is 8. The molecule has 8 heteroatoms. The van der Waals surface area contributed by atoms with Crippen LogP contribution in [0.2, 0.25) is 0 Å². The zero-order chi connectivity index (χ0) is 19.4. The number of carboxylic acid groups (broad SMARTS) is 1. The van der Waals surface area contributed by atoms with E-state index in [1.807, 2.05) is 11.6 Å². The Kier molecular flexibility index (Phi) is 6.16. The molecule has 1 aliphatic rings. The van der Waals surface area contributed by atoms with Crippen LogP contribution in [-0.4, -0.2) is 47.9 Å². The van der Waals surface area contributed by atoms with E-state index in [4.69, 9.17) is 5.11 Å². The van der Waals surface area contributed by atoms with Gasteiger partial charge in [0.15, 0.2) is 9.84 Å². The maximum atomic E-state index is 12.5. The van der Waals surface area contributed by atoms with Gasteiger partial charge >= 0.3 is 5.97 Å². The van der Waals surface area contributed by atoms with Gasteiger partial charge in [-0.15, -0.1) is 0 Å². The Bertz CT molecular complexity index is 914. The van der Waals surface area contributed by atoms with Crippen molar-refractivity contribution in [3.05, 3.63) is 24.0 Å². The Morgan fingerprint density at radius 3 is 2.78 bits per heavy atom. The summed E-state index contributed by atoms with van der Waals surface area (Å²) >= 11 is 0. The highest BCUT2D eigenvalue weighted by molar-refractivity contribution is 7.91. The zero-order valence-electron chi connectivity index (χ0n) is 15.6. The first kappa shape index (κ1) is 19.8. The molecule has 0 saturated carbocycles. The van der Waals surface area contributed by atoms with Gasteiger partial charge in [0, 0.05) is 19.9 Å². The van der Waals surface area contributed by atoms with Gasteiger partial charge in [-0.05, 0) is 62.9 Å². The Morgan fingerprint density at radius 2 is 2.07 bits per heavy atom. The topological polar surface area (TPSA) is 101 Å². The Hall–Kier alpha value is -1.93. The quantitative estimate of drug-likeness (QED) is 0.713. The maximum Gasteiger partial charge on any atom is 0.303 e. The fourth-order valence-electron chi connectivity index (χ4n) is 3.67. The number of hydrogen-bond acceptors (Lipinski definition) is 5. The van der Waals surface area contributed by atoms with E-state index in [9.17, 15) is 13.2 Å². The van der Waals surface area contributed by atoms with Crippen molar-refractivity contribution in [3.63, 3.8) is 0 Å². The van der Waals surface area contributed by atoms with Crippen molar-refractivity contribution in [3.8, 4) is 0 Å². The minimum Gasteiger partial charge on any atom is -0.481 e. The molecule has 1 aromatic heterocycles. The average Bonchev–Trinajstić information content (AvgIpc) is 2.96. The second kappa shape index (κ2) is 8.39. The first-order chi connectivity index (χ1) is 12.9. The molecule has 0 amide bonds. The molecule has 0 unspecified atom stereocenters. The van der Waals surface area contributed by atoms with E-state index in [-0.39, 0.29) is 23.5 Å². The molecule has 1 fully saturated rings. The van der Waals surface area contributed by atoms with Crippen LogP contribution in [0, 0.1) is 5.92 Å². The fourth-order valence-corrected chi connectivity index (χ4v) is 5.00. The maximum absolute atomic E-state index is 12.5. The monoisotopic (exact) mass is 393 g/mol. The third-order valence-corrected chi connectivity index (χ3v) is 7.14. The van der Waals surface area contributed by atoms with Gasteiger partial charge in [0.2, 0.25) is 0 Å². The van der Waals surface area contributed by atoms with Crippen LogP contribution in [0.1, 0.15) is 37.9 Å². The molecule has 0 radical (unpaired) electrons. The lowest BCUT2D eigenvalue weighted by molar-refractivity contribution is -0.137. The van der Waals surface area contributed by atoms with Crippen molar-refractivity contribution in [1.29, 1.82) is 0 Å². The SMILES string of the molecule is Cn1c(CCC2CCNCC2)nc2ccc(S(=O)(=O)CCCC(=O)O)cc21. The molecule has 2 N–H and O–H groups in total. The Labute approximate surface area is 159 Å². The van der Waals surface area contributed by atoms with Gasteiger partial charge in [-0.2, -0.15) is 0 Å². The number of aromatic nitrogens is 2. The van der Waals surface area contributed by atoms with E-state index in [0.717, 1.165) is 48.7 Å². The van der Waals surface area contributed by atoms with E-state index in [1.54, 1.807) is 18.2 Å².